The maximum atomic E-state index is 5.10. The first-order valence-corrected chi connectivity index (χ1v) is 8.03. The molecule has 0 fully saturated rings. The lowest BCUT2D eigenvalue weighted by molar-refractivity contribution is 0.178. The van der Waals surface area contributed by atoms with Crippen LogP contribution in [0.5, 0.6) is 0 Å². The number of aromatic nitrogens is 2. The number of nitrogens with zero attached hydrogens (tertiary/aromatic N) is 2. The van der Waals surface area contributed by atoms with Gasteiger partial charge in [0.15, 0.2) is 5.82 Å². The Labute approximate surface area is 119 Å². The van der Waals surface area contributed by atoms with E-state index in [9.17, 15) is 0 Å². The number of ether oxygens (including phenoxy) is 1. The predicted octanol–water partition coefficient (Wildman–Crippen LogP) is 2.61. The molecule has 0 aliphatic carbocycles. The van der Waals surface area contributed by atoms with Crippen LogP contribution in [0.3, 0.4) is 0 Å². The minimum atomic E-state index is 0.432. The largest absolute Gasteiger partial charge is 0.377 e. The van der Waals surface area contributed by atoms with Gasteiger partial charge in [-0.2, -0.15) is 11.8 Å². The number of hydrogen-bond donors (Lipinski definition) is 2. The molecule has 2 N–H and O–H groups in total. The molecule has 0 aliphatic rings. The molecule has 0 atom stereocenters. The SMILES string of the molecule is CCCNc1cc(NCCCSC)nc(COC)n1. The van der Waals surface area contributed by atoms with Crippen molar-refractivity contribution in [3.05, 3.63) is 11.9 Å². The fourth-order valence-electron chi connectivity index (χ4n) is 1.56. The second-order valence-electron chi connectivity index (χ2n) is 4.19. The Morgan fingerprint density at radius 3 is 2.47 bits per heavy atom. The third-order valence-electron chi connectivity index (χ3n) is 2.43. The quantitative estimate of drug-likeness (QED) is 0.644. The predicted molar refractivity (Wildman–Crippen MR) is 83.0 cm³/mol. The zero-order valence-electron chi connectivity index (χ0n) is 12.0. The van der Waals surface area contributed by atoms with Crippen LogP contribution in [0.15, 0.2) is 6.07 Å². The highest BCUT2D eigenvalue weighted by Crippen LogP contribution is 2.12. The molecule has 0 saturated heterocycles. The summed E-state index contributed by atoms with van der Waals surface area (Å²) in [4.78, 5) is 8.85. The molecule has 0 amide bonds. The minimum Gasteiger partial charge on any atom is -0.377 e. The molecule has 19 heavy (non-hydrogen) atoms. The van der Waals surface area contributed by atoms with Crippen LogP contribution in [0, 0.1) is 0 Å². The van der Waals surface area contributed by atoms with Gasteiger partial charge in [0.05, 0.1) is 0 Å². The molecule has 1 rings (SSSR count). The van der Waals surface area contributed by atoms with Crippen molar-refractivity contribution in [1.82, 2.24) is 9.97 Å². The molecule has 5 nitrogen and oxygen atoms in total. The Balaban J connectivity index is 2.63. The lowest BCUT2D eigenvalue weighted by Gasteiger charge is -2.10. The van der Waals surface area contributed by atoms with Crippen LogP contribution in [0.4, 0.5) is 11.6 Å². The molecule has 0 radical (unpaired) electrons. The molecular weight excluding hydrogens is 260 g/mol. The van der Waals surface area contributed by atoms with E-state index < -0.39 is 0 Å². The highest BCUT2D eigenvalue weighted by Gasteiger charge is 2.04. The van der Waals surface area contributed by atoms with E-state index >= 15 is 0 Å². The summed E-state index contributed by atoms with van der Waals surface area (Å²) in [5.74, 6) is 3.58. The molecular formula is C13H24N4OS. The first-order chi connectivity index (χ1) is 9.30. The van der Waals surface area contributed by atoms with Gasteiger partial charge in [-0.1, -0.05) is 6.92 Å². The van der Waals surface area contributed by atoms with E-state index in [1.54, 1.807) is 7.11 Å². The highest BCUT2D eigenvalue weighted by atomic mass is 32.2. The lowest BCUT2D eigenvalue weighted by atomic mass is 10.4. The summed E-state index contributed by atoms with van der Waals surface area (Å²) < 4.78 is 5.10. The number of nitrogens with one attached hydrogen (secondary N) is 2. The number of anilines is 2. The second kappa shape index (κ2) is 9.86. The highest BCUT2D eigenvalue weighted by molar-refractivity contribution is 7.98. The van der Waals surface area contributed by atoms with E-state index in [1.807, 2.05) is 17.8 Å². The molecule has 1 heterocycles. The van der Waals surface area contributed by atoms with Crippen LogP contribution in [0.25, 0.3) is 0 Å². The van der Waals surface area contributed by atoms with Crippen molar-refractivity contribution < 1.29 is 4.74 Å². The first-order valence-electron chi connectivity index (χ1n) is 6.63. The topological polar surface area (TPSA) is 59.1 Å². The van der Waals surface area contributed by atoms with Gasteiger partial charge in [0.25, 0.3) is 0 Å². The fourth-order valence-corrected chi connectivity index (χ4v) is 1.99. The second-order valence-corrected chi connectivity index (χ2v) is 5.17. The third-order valence-corrected chi connectivity index (χ3v) is 3.13. The van der Waals surface area contributed by atoms with Gasteiger partial charge in [0, 0.05) is 26.3 Å². The Morgan fingerprint density at radius 1 is 1.21 bits per heavy atom. The Hall–Kier alpha value is -1.01. The average molecular weight is 284 g/mol. The van der Waals surface area contributed by atoms with Crippen molar-refractivity contribution in [1.29, 1.82) is 0 Å². The zero-order valence-corrected chi connectivity index (χ0v) is 12.8. The molecule has 0 saturated carbocycles. The van der Waals surface area contributed by atoms with Crippen LogP contribution in [0.1, 0.15) is 25.6 Å². The molecule has 6 heteroatoms. The van der Waals surface area contributed by atoms with Crippen molar-refractivity contribution in [2.75, 3.05) is 42.8 Å². The zero-order chi connectivity index (χ0) is 13.9. The van der Waals surface area contributed by atoms with Gasteiger partial charge in [0.2, 0.25) is 0 Å². The Morgan fingerprint density at radius 2 is 1.89 bits per heavy atom. The van der Waals surface area contributed by atoms with Gasteiger partial charge in [-0.05, 0) is 24.9 Å². The number of hydrogen-bond acceptors (Lipinski definition) is 6. The number of rotatable bonds is 10. The molecule has 0 aliphatic heterocycles. The van der Waals surface area contributed by atoms with Crippen LogP contribution in [-0.2, 0) is 11.3 Å². The smallest absolute Gasteiger partial charge is 0.158 e. The van der Waals surface area contributed by atoms with Gasteiger partial charge in [-0.15, -0.1) is 0 Å². The summed E-state index contributed by atoms with van der Waals surface area (Å²) in [5.41, 5.74) is 0. The first kappa shape index (κ1) is 16.0. The summed E-state index contributed by atoms with van der Waals surface area (Å²) in [6, 6.07) is 1.95. The molecule has 0 spiro atoms. The summed E-state index contributed by atoms with van der Waals surface area (Å²) in [5, 5.41) is 6.62. The monoisotopic (exact) mass is 284 g/mol. The summed E-state index contributed by atoms with van der Waals surface area (Å²) >= 11 is 1.86. The summed E-state index contributed by atoms with van der Waals surface area (Å²) in [7, 11) is 1.65. The standard InChI is InChI=1S/C13H24N4OS/c1-4-6-14-11-9-12(15-7-5-8-19-3)17-13(16-11)10-18-2/h9H,4-8,10H2,1-3H3,(H2,14,15,16,17). The van der Waals surface area contributed by atoms with E-state index in [0.717, 1.165) is 43.3 Å². The Kier molecular flexibility index (Phi) is 8.33. The molecule has 0 unspecified atom stereocenters. The van der Waals surface area contributed by atoms with E-state index in [2.05, 4.69) is 33.8 Å². The van der Waals surface area contributed by atoms with Gasteiger partial charge < -0.3 is 15.4 Å². The number of methoxy groups -OCH3 is 1. The molecule has 0 aromatic carbocycles. The van der Waals surface area contributed by atoms with Crippen molar-refractivity contribution in [3.8, 4) is 0 Å². The van der Waals surface area contributed by atoms with Crippen LogP contribution < -0.4 is 10.6 Å². The third kappa shape index (κ3) is 6.63. The van der Waals surface area contributed by atoms with Crippen LogP contribution in [-0.4, -0.2) is 42.2 Å². The van der Waals surface area contributed by atoms with Gasteiger partial charge in [-0.3, -0.25) is 0 Å². The van der Waals surface area contributed by atoms with Gasteiger partial charge in [0.1, 0.15) is 18.2 Å². The summed E-state index contributed by atoms with van der Waals surface area (Å²) in [6.45, 7) is 4.40. The Bertz CT molecular complexity index is 362. The normalized spacial score (nSPS) is 10.5. The fraction of sp³-hybridized carbons (Fsp3) is 0.692. The van der Waals surface area contributed by atoms with E-state index in [0.29, 0.717) is 12.4 Å². The molecule has 1 aromatic heterocycles. The minimum absolute atomic E-state index is 0.432. The van der Waals surface area contributed by atoms with Crippen LogP contribution in [0.2, 0.25) is 0 Å². The molecule has 0 bridgehead atoms. The van der Waals surface area contributed by atoms with E-state index in [-0.39, 0.29) is 0 Å². The average Bonchev–Trinajstić information content (AvgIpc) is 2.42. The maximum absolute atomic E-state index is 5.10. The maximum Gasteiger partial charge on any atom is 0.158 e. The summed E-state index contributed by atoms with van der Waals surface area (Å²) in [6.07, 6.45) is 4.32. The van der Waals surface area contributed by atoms with Crippen molar-refractivity contribution >= 4 is 23.4 Å². The molecule has 1 aromatic rings. The van der Waals surface area contributed by atoms with E-state index in [1.165, 1.54) is 0 Å². The van der Waals surface area contributed by atoms with Gasteiger partial charge >= 0.3 is 0 Å². The lowest BCUT2D eigenvalue weighted by Crippen LogP contribution is -2.10. The van der Waals surface area contributed by atoms with Gasteiger partial charge in [-0.25, -0.2) is 9.97 Å². The van der Waals surface area contributed by atoms with Crippen LogP contribution >= 0.6 is 11.8 Å². The molecule has 108 valence electrons. The van der Waals surface area contributed by atoms with Crippen molar-refractivity contribution in [2.45, 2.75) is 26.4 Å². The van der Waals surface area contributed by atoms with E-state index in [4.69, 9.17) is 4.74 Å². The number of thioether (sulfide) groups is 1. The van der Waals surface area contributed by atoms with Crippen molar-refractivity contribution in [3.63, 3.8) is 0 Å². The van der Waals surface area contributed by atoms with Crippen molar-refractivity contribution in [2.24, 2.45) is 0 Å².